The number of methoxy groups -OCH3 is 1. The van der Waals surface area contributed by atoms with E-state index >= 15 is 0 Å². The molecule has 2 aliphatic heterocycles. The van der Waals surface area contributed by atoms with E-state index in [0.717, 1.165) is 28.5 Å². The number of aromatic amines is 1. The lowest BCUT2D eigenvalue weighted by atomic mass is 9.77. The fourth-order valence-electron chi connectivity index (χ4n) is 8.46. The Morgan fingerprint density at radius 1 is 0.847 bits per heavy atom. The molecule has 0 bridgehead atoms. The monoisotopic (exact) mass is 1020 g/mol. The molecule has 2 aliphatic rings. The summed E-state index contributed by atoms with van der Waals surface area (Å²) in [6.45, 7) is 0.227. The fourth-order valence-corrected chi connectivity index (χ4v) is 11.3. The van der Waals surface area contributed by atoms with Crippen molar-refractivity contribution >= 4 is 63.5 Å². The number of thioether (sulfide) groups is 2. The minimum absolute atomic E-state index is 0.0195. The summed E-state index contributed by atoms with van der Waals surface area (Å²) in [4.78, 5) is 79.8. The number of hydrogen-bond donors (Lipinski definition) is 3. The predicted molar refractivity (Wildman–Crippen MR) is 277 cm³/mol. The SMILES string of the molecule is COCCn1c(S/C=C/C2=C(C(=O)OC(c3ccccc3)c3ccccc3)N3C(=O)C(NC(=O)/C(=N/OC)c4csc(NC(c5ccccc5)(c5ccccc5)c5ccccc5)n4)C3SC2)n[nH]c(=O)c1=O. The molecular formula is C53H46N8O8S3. The van der Waals surface area contributed by atoms with Gasteiger partial charge in [-0.1, -0.05) is 169 Å². The number of β-lactam (4-membered cyclic amide) rings is 1. The number of carbonyl (C=O) groups excluding carboxylic acids is 3. The maximum Gasteiger partial charge on any atom is 0.356 e. The van der Waals surface area contributed by atoms with Crippen LogP contribution in [0, 0.1) is 0 Å². The lowest BCUT2D eigenvalue weighted by molar-refractivity contribution is -0.154. The first kappa shape index (κ1) is 49.2. The van der Waals surface area contributed by atoms with E-state index in [0.29, 0.717) is 21.8 Å². The summed E-state index contributed by atoms with van der Waals surface area (Å²) in [7, 11) is 2.79. The van der Waals surface area contributed by atoms with E-state index in [9.17, 15) is 24.0 Å². The molecule has 1 saturated heterocycles. The van der Waals surface area contributed by atoms with Gasteiger partial charge in [-0.15, -0.1) is 28.2 Å². The van der Waals surface area contributed by atoms with Crippen LogP contribution in [0.15, 0.2) is 200 Å². The average Bonchev–Trinajstić information content (AvgIpc) is 3.89. The standard InChI is InChI=1S/C53H46N8O8S3/c1-67-30-29-60-48(65)46(63)57-58-52(60)70-31-28-36-32-71-49-42(47(64)61(49)43(36)50(66)69-44(34-18-8-3-9-19-34)35-20-10-4-11-21-35)55-45(62)41(59-68-2)40-33-72-51(54-40)56-53(37-22-12-5-13-23-37,38-24-14-6-15-25-38)39-26-16-7-17-27-39/h3-28,31,33,42,44,49H,29-30,32H2,1-2H3,(H,54,56)(H,55,62)(H,57,63)/b31-28+,59-41+. The van der Waals surface area contributed by atoms with Crippen LogP contribution in [-0.4, -0.2) is 86.1 Å². The third kappa shape index (κ3) is 10.2. The zero-order valence-corrected chi connectivity index (χ0v) is 41.2. The number of nitrogens with one attached hydrogen (secondary N) is 3. The van der Waals surface area contributed by atoms with Crippen molar-refractivity contribution in [3.63, 3.8) is 0 Å². The highest BCUT2D eigenvalue weighted by molar-refractivity contribution is 8.02. The second kappa shape index (κ2) is 22.5. The Balaban J connectivity index is 1.00. The van der Waals surface area contributed by atoms with Crippen LogP contribution in [0.25, 0.3) is 0 Å². The summed E-state index contributed by atoms with van der Waals surface area (Å²) in [6, 6.07) is 47.5. The number of carbonyl (C=O) groups is 3. The van der Waals surface area contributed by atoms with Crippen molar-refractivity contribution < 1.29 is 28.7 Å². The summed E-state index contributed by atoms with van der Waals surface area (Å²) in [5.74, 6) is -1.84. The van der Waals surface area contributed by atoms with Gasteiger partial charge in [0.2, 0.25) is 0 Å². The first-order chi connectivity index (χ1) is 35.2. The van der Waals surface area contributed by atoms with Crippen LogP contribution in [0.2, 0.25) is 0 Å². The van der Waals surface area contributed by atoms with E-state index in [4.69, 9.17) is 19.3 Å². The molecule has 7 aromatic rings. The van der Waals surface area contributed by atoms with E-state index in [-0.39, 0.29) is 41.2 Å². The van der Waals surface area contributed by atoms with Gasteiger partial charge in [-0.05, 0) is 44.9 Å². The quantitative estimate of drug-likeness (QED) is 0.0141. The predicted octanol–water partition coefficient (Wildman–Crippen LogP) is 7.08. The third-order valence-electron chi connectivity index (χ3n) is 11.9. The number of allylic oxidation sites excluding steroid dienone is 1. The molecule has 4 heterocycles. The first-order valence-corrected chi connectivity index (χ1v) is 25.4. The molecule has 3 N–H and O–H groups in total. The van der Waals surface area contributed by atoms with Crippen molar-refractivity contribution in [2.75, 3.05) is 31.9 Å². The molecule has 5 aromatic carbocycles. The smallest absolute Gasteiger partial charge is 0.356 e. The van der Waals surface area contributed by atoms with Gasteiger partial charge in [0.25, 0.3) is 11.8 Å². The number of nitrogens with zero attached hydrogens (tertiary/aromatic N) is 5. The Morgan fingerprint density at radius 3 is 1.97 bits per heavy atom. The Morgan fingerprint density at radius 2 is 1.42 bits per heavy atom. The van der Waals surface area contributed by atoms with Crippen LogP contribution < -0.4 is 21.8 Å². The lowest BCUT2D eigenvalue weighted by Crippen LogP contribution is -2.71. The number of benzene rings is 5. The first-order valence-electron chi connectivity index (χ1n) is 22.5. The number of anilines is 1. The van der Waals surface area contributed by atoms with Crippen LogP contribution >= 0.6 is 34.9 Å². The second-order valence-corrected chi connectivity index (χ2v) is 19.0. The highest BCUT2D eigenvalue weighted by atomic mass is 32.2. The summed E-state index contributed by atoms with van der Waals surface area (Å²) in [6.07, 6.45) is 0.803. The molecule has 2 aromatic heterocycles. The van der Waals surface area contributed by atoms with Crippen LogP contribution in [0.5, 0.6) is 0 Å². The zero-order chi connectivity index (χ0) is 50.0. The number of oxime groups is 1. The van der Waals surface area contributed by atoms with Gasteiger partial charge in [0.15, 0.2) is 22.1 Å². The topological polar surface area (TPSA) is 199 Å². The van der Waals surface area contributed by atoms with Crippen LogP contribution in [0.1, 0.15) is 39.6 Å². The second-order valence-electron chi connectivity index (χ2n) is 16.2. The van der Waals surface area contributed by atoms with Crippen molar-refractivity contribution in [1.29, 1.82) is 0 Å². The van der Waals surface area contributed by atoms with Gasteiger partial charge in [0.05, 0.1) is 13.2 Å². The molecule has 16 nitrogen and oxygen atoms in total. The summed E-state index contributed by atoms with van der Waals surface area (Å²) < 4.78 is 12.7. The number of aromatic nitrogens is 4. The molecule has 0 aliphatic carbocycles. The molecule has 1 fully saturated rings. The van der Waals surface area contributed by atoms with Gasteiger partial charge in [-0.25, -0.2) is 14.9 Å². The summed E-state index contributed by atoms with van der Waals surface area (Å²) in [5, 5.41) is 20.2. The summed E-state index contributed by atoms with van der Waals surface area (Å²) in [5.41, 5.74) is 2.17. The average molecular weight is 1020 g/mol. The molecule has 0 radical (unpaired) electrons. The highest BCUT2D eigenvalue weighted by Gasteiger charge is 2.55. The maximum atomic E-state index is 14.7. The molecule has 9 rings (SSSR count). The molecule has 19 heteroatoms. The number of thiazole rings is 1. The number of ether oxygens (including phenoxy) is 2. The number of esters is 1. The Labute approximate surface area is 425 Å². The summed E-state index contributed by atoms with van der Waals surface area (Å²) >= 11 is 3.64. The molecule has 0 spiro atoms. The molecule has 2 unspecified atom stereocenters. The van der Waals surface area contributed by atoms with Gasteiger partial charge in [0.1, 0.15) is 35.5 Å². The lowest BCUT2D eigenvalue weighted by Gasteiger charge is -2.49. The van der Waals surface area contributed by atoms with Gasteiger partial charge < -0.3 is 24.9 Å². The van der Waals surface area contributed by atoms with E-state index in [2.05, 4.69) is 26.0 Å². The zero-order valence-electron chi connectivity index (χ0n) is 38.7. The van der Waals surface area contributed by atoms with Gasteiger partial charge in [-0.3, -0.25) is 28.6 Å². The number of H-pyrrole nitrogens is 1. The molecule has 2 atom stereocenters. The molecule has 0 saturated carbocycles. The van der Waals surface area contributed by atoms with Crippen molar-refractivity contribution in [2.24, 2.45) is 5.16 Å². The van der Waals surface area contributed by atoms with Crippen molar-refractivity contribution in [3.8, 4) is 0 Å². The van der Waals surface area contributed by atoms with Crippen molar-refractivity contribution in [3.05, 3.63) is 234 Å². The van der Waals surface area contributed by atoms with E-state index in [1.807, 2.05) is 152 Å². The molecular weight excluding hydrogens is 973 g/mol. The Kier molecular flexibility index (Phi) is 15.4. The Bertz CT molecular complexity index is 3130. The van der Waals surface area contributed by atoms with E-state index < -0.39 is 52.0 Å². The van der Waals surface area contributed by atoms with Gasteiger partial charge >= 0.3 is 17.1 Å². The van der Waals surface area contributed by atoms with Crippen LogP contribution in [-0.2, 0) is 40.8 Å². The molecule has 72 heavy (non-hydrogen) atoms. The van der Waals surface area contributed by atoms with E-state index in [1.165, 1.54) is 46.8 Å². The van der Waals surface area contributed by atoms with Crippen LogP contribution in [0.4, 0.5) is 5.13 Å². The Hall–Kier alpha value is -7.84. The maximum absolute atomic E-state index is 14.7. The fraction of sp³-hybridized carbons (Fsp3) is 0.170. The largest absolute Gasteiger partial charge is 0.448 e. The minimum Gasteiger partial charge on any atom is -0.448 e. The minimum atomic E-state index is -1.08. The third-order valence-corrected chi connectivity index (χ3v) is 14.7. The normalized spacial score (nSPS) is 15.8. The number of rotatable bonds is 19. The number of amides is 2. The van der Waals surface area contributed by atoms with Crippen LogP contribution in [0.3, 0.4) is 0 Å². The van der Waals surface area contributed by atoms with E-state index in [1.54, 1.807) is 16.9 Å². The van der Waals surface area contributed by atoms with Gasteiger partial charge in [-0.2, -0.15) is 0 Å². The molecule has 2 amide bonds. The number of hydrogen-bond acceptors (Lipinski definition) is 15. The van der Waals surface area contributed by atoms with Crippen molar-refractivity contribution in [2.45, 2.75) is 34.8 Å². The highest BCUT2D eigenvalue weighted by Crippen LogP contribution is 2.43. The van der Waals surface area contributed by atoms with Crippen molar-refractivity contribution in [1.82, 2.24) is 30.0 Å². The molecule has 364 valence electrons. The number of fused-ring (bicyclic) bond motifs is 1. The van der Waals surface area contributed by atoms with Gasteiger partial charge in [0, 0.05) is 18.2 Å².